The first kappa shape index (κ1) is 26.4. The van der Waals surface area contributed by atoms with Crippen LogP contribution in [0.25, 0.3) is 0 Å². The van der Waals surface area contributed by atoms with Crippen molar-refractivity contribution >= 4 is 39.8 Å². The highest BCUT2D eigenvalue weighted by Gasteiger charge is 2.21. The van der Waals surface area contributed by atoms with Crippen molar-refractivity contribution < 1.29 is 8.42 Å². The Balaban J connectivity index is 0.00000450. The minimum Gasteiger partial charge on any atom is -0.356 e. The van der Waals surface area contributed by atoms with E-state index in [0.29, 0.717) is 25.5 Å². The topological polar surface area (TPSA) is 70.6 Å². The van der Waals surface area contributed by atoms with Gasteiger partial charge in [-0.15, -0.1) is 24.0 Å². The molecule has 7 heteroatoms. The molecule has 30 heavy (non-hydrogen) atoms. The van der Waals surface area contributed by atoms with E-state index in [2.05, 4.69) is 78.0 Å². The van der Waals surface area contributed by atoms with Crippen LogP contribution in [-0.4, -0.2) is 46.5 Å². The van der Waals surface area contributed by atoms with Crippen molar-refractivity contribution in [1.29, 1.82) is 0 Å². The zero-order chi connectivity index (χ0) is 21.3. The third-order valence-electron chi connectivity index (χ3n) is 4.99. The molecule has 0 atom stereocenters. The quantitative estimate of drug-likeness (QED) is 0.284. The van der Waals surface area contributed by atoms with Crippen molar-refractivity contribution in [2.45, 2.75) is 26.2 Å². The standard InChI is InChI=1S/C23H33N3O2S.HI/c1-23(2,15-16-29(4,27)28)18-26-22(24-3)25-17-21(19-11-7-5-8-12-19)20-13-9-6-10-14-20;/h5-14,21H,15-18H2,1-4H3,(H2,24,25,26);1H. The van der Waals surface area contributed by atoms with Crippen molar-refractivity contribution in [3.63, 3.8) is 0 Å². The Bertz CT molecular complexity index is 846. The molecule has 0 bridgehead atoms. The number of halogens is 1. The number of rotatable bonds is 9. The van der Waals surface area contributed by atoms with Crippen LogP contribution in [0.5, 0.6) is 0 Å². The summed E-state index contributed by atoms with van der Waals surface area (Å²) in [6.07, 6.45) is 1.89. The Morgan fingerprint density at radius 1 is 0.967 bits per heavy atom. The molecule has 0 spiro atoms. The van der Waals surface area contributed by atoms with E-state index < -0.39 is 9.84 Å². The fourth-order valence-electron chi connectivity index (χ4n) is 3.09. The number of sulfone groups is 1. The number of benzene rings is 2. The molecule has 0 unspecified atom stereocenters. The Morgan fingerprint density at radius 2 is 1.47 bits per heavy atom. The van der Waals surface area contributed by atoms with Gasteiger partial charge in [0, 0.05) is 32.3 Å². The van der Waals surface area contributed by atoms with Crippen LogP contribution >= 0.6 is 24.0 Å². The summed E-state index contributed by atoms with van der Waals surface area (Å²) in [7, 11) is -1.21. The van der Waals surface area contributed by atoms with Crippen molar-refractivity contribution in [2.24, 2.45) is 10.4 Å². The fraction of sp³-hybridized carbons (Fsp3) is 0.435. The maximum Gasteiger partial charge on any atom is 0.191 e. The lowest BCUT2D eigenvalue weighted by Crippen LogP contribution is -2.43. The molecule has 0 aliphatic heterocycles. The number of aliphatic imine (C=N–C) groups is 1. The lowest BCUT2D eigenvalue weighted by atomic mass is 9.90. The Labute approximate surface area is 198 Å². The highest BCUT2D eigenvalue weighted by atomic mass is 127. The van der Waals surface area contributed by atoms with Gasteiger partial charge < -0.3 is 10.6 Å². The van der Waals surface area contributed by atoms with Gasteiger partial charge in [-0.25, -0.2) is 8.42 Å². The van der Waals surface area contributed by atoms with Gasteiger partial charge in [-0.3, -0.25) is 4.99 Å². The van der Waals surface area contributed by atoms with Gasteiger partial charge in [-0.2, -0.15) is 0 Å². The molecular formula is C23H34IN3O2S. The van der Waals surface area contributed by atoms with E-state index in [-0.39, 0.29) is 41.1 Å². The molecule has 0 aromatic heterocycles. The largest absolute Gasteiger partial charge is 0.356 e. The van der Waals surface area contributed by atoms with Gasteiger partial charge in [-0.05, 0) is 23.0 Å². The molecule has 5 nitrogen and oxygen atoms in total. The van der Waals surface area contributed by atoms with Gasteiger partial charge >= 0.3 is 0 Å². The molecule has 0 aliphatic rings. The number of hydrogen-bond acceptors (Lipinski definition) is 3. The van der Waals surface area contributed by atoms with Gasteiger partial charge in [0.2, 0.25) is 0 Å². The first-order chi connectivity index (χ1) is 13.7. The highest BCUT2D eigenvalue weighted by molar-refractivity contribution is 14.0. The molecule has 0 saturated heterocycles. The van der Waals surface area contributed by atoms with Gasteiger partial charge in [0.05, 0.1) is 5.75 Å². The Morgan fingerprint density at radius 3 is 1.90 bits per heavy atom. The van der Waals surface area contributed by atoms with Gasteiger partial charge in [-0.1, -0.05) is 74.5 Å². The molecule has 0 amide bonds. The van der Waals surface area contributed by atoms with Gasteiger partial charge in [0.25, 0.3) is 0 Å². The molecule has 0 saturated carbocycles. The Kier molecular flexibility index (Phi) is 10.8. The van der Waals surface area contributed by atoms with Gasteiger partial charge in [0.15, 0.2) is 5.96 Å². The number of guanidine groups is 1. The van der Waals surface area contributed by atoms with Crippen molar-refractivity contribution in [3.05, 3.63) is 71.8 Å². The van der Waals surface area contributed by atoms with Crippen LogP contribution in [0.4, 0.5) is 0 Å². The van der Waals surface area contributed by atoms with Crippen molar-refractivity contribution in [3.8, 4) is 0 Å². The van der Waals surface area contributed by atoms with E-state index in [1.165, 1.54) is 17.4 Å². The third-order valence-corrected chi connectivity index (χ3v) is 5.93. The minimum absolute atomic E-state index is 0. The first-order valence-corrected chi connectivity index (χ1v) is 12.0. The maximum atomic E-state index is 11.5. The first-order valence-electron chi connectivity index (χ1n) is 9.92. The molecule has 166 valence electrons. The second kappa shape index (κ2) is 12.3. The smallest absolute Gasteiger partial charge is 0.191 e. The van der Waals surface area contributed by atoms with E-state index >= 15 is 0 Å². The average molecular weight is 544 g/mol. The fourth-order valence-corrected chi connectivity index (χ4v) is 4.01. The summed E-state index contributed by atoms with van der Waals surface area (Å²) in [4.78, 5) is 4.34. The van der Waals surface area contributed by atoms with Crippen molar-refractivity contribution in [1.82, 2.24) is 10.6 Å². The highest BCUT2D eigenvalue weighted by Crippen LogP contribution is 2.24. The van der Waals surface area contributed by atoms with Crippen LogP contribution in [-0.2, 0) is 9.84 Å². The van der Waals surface area contributed by atoms with Gasteiger partial charge in [0.1, 0.15) is 9.84 Å². The zero-order valence-electron chi connectivity index (χ0n) is 18.3. The molecule has 0 fully saturated rings. The third kappa shape index (κ3) is 9.47. The van der Waals surface area contributed by atoms with Crippen LogP contribution < -0.4 is 10.6 Å². The van der Waals surface area contributed by atoms with Crippen LogP contribution in [0.1, 0.15) is 37.3 Å². The second-order valence-corrected chi connectivity index (χ2v) is 10.5. The monoisotopic (exact) mass is 543 g/mol. The Hall–Kier alpha value is -1.61. The predicted molar refractivity (Wildman–Crippen MR) is 138 cm³/mol. The maximum absolute atomic E-state index is 11.5. The lowest BCUT2D eigenvalue weighted by Gasteiger charge is -2.26. The van der Waals surface area contributed by atoms with Crippen LogP contribution in [0.3, 0.4) is 0 Å². The van der Waals surface area contributed by atoms with E-state index in [9.17, 15) is 8.42 Å². The number of hydrogen-bond donors (Lipinski definition) is 2. The molecule has 2 N–H and O–H groups in total. The molecule has 0 radical (unpaired) electrons. The number of nitrogens with zero attached hydrogens (tertiary/aromatic N) is 1. The summed E-state index contributed by atoms with van der Waals surface area (Å²) < 4.78 is 22.9. The molecule has 0 heterocycles. The summed E-state index contributed by atoms with van der Waals surface area (Å²) in [5, 5.41) is 6.78. The lowest BCUT2D eigenvalue weighted by molar-refractivity contribution is 0.348. The zero-order valence-corrected chi connectivity index (χ0v) is 21.4. The number of nitrogens with one attached hydrogen (secondary N) is 2. The summed E-state index contributed by atoms with van der Waals surface area (Å²) in [5.74, 6) is 1.11. The molecule has 0 aliphatic carbocycles. The molecule has 2 rings (SSSR count). The van der Waals surface area contributed by atoms with E-state index in [1.54, 1.807) is 7.05 Å². The van der Waals surface area contributed by atoms with E-state index in [1.807, 2.05) is 12.1 Å². The normalized spacial score (nSPS) is 12.4. The molecule has 2 aromatic rings. The van der Waals surface area contributed by atoms with E-state index in [0.717, 1.165) is 0 Å². The van der Waals surface area contributed by atoms with E-state index in [4.69, 9.17) is 0 Å². The summed E-state index contributed by atoms with van der Waals surface area (Å²) in [6.45, 7) is 5.48. The SMILES string of the molecule is CN=C(NCC(c1ccccc1)c1ccccc1)NCC(C)(C)CCS(C)(=O)=O.I. The minimum atomic E-state index is -2.96. The van der Waals surface area contributed by atoms with Crippen LogP contribution in [0, 0.1) is 5.41 Å². The second-order valence-electron chi connectivity index (χ2n) is 8.22. The average Bonchev–Trinajstić information content (AvgIpc) is 2.70. The summed E-state index contributed by atoms with van der Waals surface area (Å²) in [5.41, 5.74) is 2.34. The van der Waals surface area contributed by atoms with Crippen LogP contribution in [0.15, 0.2) is 65.7 Å². The molecule has 2 aromatic carbocycles. The van der Waals surface area contributed by atoms with Crippen molar-refractivity contribution in [2.75, 3.05) is 32.1 Å². The molecular weight excluding hydrogens is 509 g/mol. The summed E-state index contributed by atoms with van der Waals surface area (Å²) in [6, 6.07) is 20.9. The predicted octanol–water partition coefficient (Wildman–Crippen LogP) is 4.06. The summed E-state index contributed by atoms with van der Waals surface area (Å²) >= 11 is 0. The van der Waals surface area contributed by atoms with Crippen LogP contribution in [0.2, 0.25) is 0 Å².